The van der Waals surface area contributed by atoms with Gasteiger partial charge in [0.1, 0.15) is 0 Å². The molecule has 0 aromatic heterocycles. The van der Waals surface area contributed by atoms with Gasteiger partial charge in [0.2, 0.25) is 0 Å². The van der Waals surface area contributed by atoms with Crippen molar-refractivity contribution < 1.29 is 4.92 Å². The van der Waals surface area contributed by atoms with E-state index in [4.69, 9.17) is 5.26 Å². The van der Waals surface area contributed by atoms with E-state index in [2.05, 4.69) is 0 Å². The first-order valence-electron chi connectivity index (χ1n) is 4.44. The molecule has 0 amide bonds. The molecule has 0 unspecified atom stereocenters. The van der Waals surface area contributed by atoms with Gasteiger partial charge in [0.25, 0.3) is 5.69 Å². The van der Waals surface area contributed by atoms with Gasteiger partial charge in [-0.15, -0.1) is 0 Å². The number of nitro benzene ring substituents is 1. The third-order valence-corrected chi connectivity index (χ3v) is 2.05. The van der Waals surface area contributed by atoms with Crippen molar-refractivity contribution in [2.45, 2.75) is 13.3 Å². The number of benzene rings is 1. The van der Waals surface area contributed by atoms with Crippen LogP contribution in [-0.2, 0) is 0 Å². The molecule has 0 bridgehead atoms. The Morgan fingerprint density at radius 3 is 2.93 bits per heavy atom. The zero-order valence-corrected chi connectivity index (χ0v) is 8.30. The Hall–Kier alpha value is -2.15. The van der Waals surface area contributed by atoms with Crippen molar-refractivity contribution in [3.05, 3.63) is 45.5 Å². The number of rotatable bonds is 3. The van der Waals surface area contributed by atoms with Gasteiger partial charge in [-0.05, 0) is 12.5 Å². The van der Waals surface area contributed by atoms with Crippen LogP contribution in [0.4, 0.5) is 5.69 Å². The van der Waals surface area contributed by atoms with Crippen molar-refractivity contribution in [1.82, 2.24) is 0 Å². The van der Waals surface area contributed by atoms with Crippen molar-refractivity contribution in [2.24, 2.45) is 0 Å². The van der Waals surface area contributed by atoms with Gasteiger partial charge < -0.3 is 0 Å². The molecule has 4 heteroatoms. The summed E-state index contributed by atoms with van der Waals surface area (Å²) in [7, 11) is 0. The molecule has 0 saturated carbocycles. The van der Waals surface area contributed by atoms with Crippen LogP contribution in [0.25, 0.3) is 6.08 Å². The lowest BCUT2D eigenvalue weighted by atomic mass is 10.1. The summed E-state index contributed by atoms with van der Waals surface area (Å²) in [6, 6.07) is 6.87. The van der Waals surface area contributed by atoms with Gasteiger partial charge in [0.15, 0.2) is 0 Å². The van der Waals surface area contributed by atoms with Crippen LogP contribution in [0.15, 0.2) is 24.3 Å². The van der Waals surface area contributed by atoms with Crippen LogP contribution in [0.2, 0.25) is 0 Å². The van der Waals surface area contributed by atoms with Crippen LogP contribution in [0.1, 0.15) is 17.5 Å². The number of nitriles is 1. The second-order valence-corrected chi connectivity index (χ2v) is 3.01. The van der Waals surface area contributed by atoms with E-state index in [0.29, 0.717) is 12.0 Å². The monoisotopic (exact) mass is 202 g/mol. The van der Waals surface area contributed by atoms with Crippen LogP contribution in [0.5, 0.6) is 0 Å². The molecule has 0 N–H and O–H groups in total. The first kappa shape index (κ1) is 10.9. The molecule has 0 aliphatic rings. The Balaban J connectivity index is 3.06. The maximum Gasteiger partial charge on any atom is 0.272 e. The van der Waals surface area contributed by atoms with E-state index < -0.39 is 4.92 Å². The third-order valence-electron chi connectivity index (χ3n) is 2.05. The van der Waals surface area contributed by atoms with Crippen LogP contribution in [0.3, 0.4) is 0 Å². The fourth-order valence-corrected chi connectivity index (χ4v) is 1.26. The van der Waals surface area contributed by atoms with Gasteiger partial charge in [-0.25, -0.2) is 0 Å². The fraction of sp³-hybridized carbons (Fsp3) is 0.182. The molecule has 4 nitrogen and oxygen atoms in total. The molecule has 0 aliphatic carbocycles. The van der Waals surface area contributed by atoms with E-state index in [1.54, 1.807) is 31.2 Å². The molecule has 0 spiro atoms. The van der Waals surface area contributed by atoms with E-state index in [9.17, 15) is 10.1 Å². The Morgan fingerprint density at radius 2 is 2.33 bits per heavy atom. The smallest absolute Gasteiger partial charge is 0.258 e. The third kappa shape index (κ3) is 2.64. The summed E-state index contributed by atoms with van der Waals surface area (Å²) in [6.07, 6.45) is 3.72. The normalized spacial score (nSPS) is 10.1. The topological polar surface area (TPSA) is 66.9 Å². The Labute approximate surface area is 87.6 Å². The number of allylic oxidation sites excluding steroid dienone is 1. The predicted octanol–water partition coefficient (Wildman–Crippen LogP) is 2.83. The number of hydrogen-bond donors (Lipinski definition) is 0. The molecule has 15 heavy (non-hydrogen) atoms. The summed E-state index contributed by atoms with van der Waals surface area (Å²) < 4.78 is 0. The number of nitro groups is 1. The lowest BCUT2D eigenvalue weighted by Gasteiger charge is -2.00. The highest BCUT2D eigenvalue weighted by atomic mass is 16.6. The molecule has 1 aromatic carbocycles. The van der Waals surface area contributed by atoms with Crippen LogP contribution in [-0.4, -0.2) is 4.92 Å². The Bertz CT molecular complexity index is 444. The van der Waals surface area contributed by atoms with E-state index in [1.165, 1.54) is 6.07 Å². The minimum atomic E-state index is -0.406. The first-order chi connectivity index (χ1) is 7.16. The van der Waals surface area contributed by atoms with E-state index in [-0.39, 0.29) is 5.69 Å². The van der Waals surface area contributed by atoms with Crippen LogP contribution >= 0.6 is 0 Å². The molecule has 0 aliphatic heterocycles. The van der Waals surface area contributed by atoms with Gasteiger partial charge in [0.05, 0.1) is 17.4 Å². The standard InChI is InChI=1S/C11H10N2O2/c1-9-10(5-2-3-8-12)6-4-7-11(9)13(14)15/h2,4-7H,3H2,1H3. The molecule has 0 saturated heterocycles. The van der Waals surface area contributed by atoms with Gasteiger partial charge in [0, 0.05) is 11.6 Å². The average Bonchev–Trinajstić information content (AvgIpc) is 2.20. The summed E-state index contributed by atoms with van der Waals surface area (Å²) in [4.78, 5) is 10.2. The molecule has 0 atom stereocenters. The molecule has 0 fully saturated rings. The summed E-state index contributed by atoms with van der Waals surface area (Å²) in [5, 5.41) is 19.0. The van der Waals surface area contributed by atoms with Crippen molar-refractivity contribution >= 4 is 11.8 Å². The van der Waals surface area contributed by atoms with Crippen molar-refractivity contribution in [3.63, 3.8) is 0 Å². The second kappa shape index (κ2) is 4.91. The summed E-state index contributed by atoms with van der Waals surface area (Å²) >= 11 is 0. The molecular formula is C11H10N2O2. The lowest BCUT2D eigenvalue weighted by molar-refractivity contribution is -0.385. The van der Waals surface area contributed by atoms with Gasteiger partial charge >= 0.3 is 0 Å². The molecule has 1 rings (SSSR count). The summed E-state index contributed by atoms with van der Waals surface area (Å²) in [6.45, 7) is 1.70. The Kier molecular flexibility index (Phi) is 3.58. The van der Waals surface area contributed by atoms with Gasteiger partial charge in [-0.3, -0.25) is 10.1 Å². The second-order valence-electron chi connectivity index (χ2n) is 3.01. The number of hydrogen-bond acceptors (Lipinski definition) is 3. The predicted molar refractivity (Wildman–Crippen MR) is 57.1 cm³/mol. The maximum absolute atomic E-state index is 10.6. The average molecular weight is 202 g/mol. The summed E-state index contributed by atoms with van der Waals surface area (Å²) in [5.74, 6) is 0. The van der Waals surface area contributed by atoms with Crippen LogP contribution in [0, 0.1) is 28.4 Å². The highest BCUT2D eigenvalue weighted by molar-refractivity contribution is 5.59. The van der Waals surface area contributed by atoms with Gasteiger partial charge in [-0.2, -0.15) is 5.26 Å². The highest BCUT2D eigenvalue weighted by Crippen LogP contribution is 2.21. The minimum absolute atomic E-state index is 0.106. The van der Waals surface area contributed by atoms with Crippen molar-refractivity contribution in [2.75, 3.05) is 0 Å². The molecule has 1 aromatic rings. The fourth-order valence-electron chi connectivity index (χ4n) is 1.26. The lowest BCUT2D eigenvalue weighted by Crippen LogP contribution is -1.92. The molecular weight excluding hydrogens is 192 g/mol. The quantitative estimate of drug-likeness (QED) is 0.559. The zero-order chi connectivity index (χ0) is 11.3. The highest BCUT2D eigenvalue weighted by Gasteiger charge is 2.10. The van der Waals surface area contributed by atoms with E-state index >= 15 is 0 Å². The largest absolute Gasteiger partial charge is 0.272 e. The molecule has 0 radical (unpaired) electrons. The van der Waals surface area contributed by atoms with Crippen molar-refractivity contribution in [1.29, 1.82) is 5.26 Å². The zero-order valence-electron chi connectivity index (χ0n) is 8.30. The first-order valence-corrected chi connectivity index (χ1v) is 4.44. The Morgan fingerprint density at radius 1 is 1.60 bits per heavy atom. The van der Waals surface area contributed by atoms with E-state index in [1.807, 2.05) is 6.07 Å². The molecule has 76 valence electrons. The van der Waals surface area contributed by atoms with Crippen LogP contribution < -0.4 is 0 Å². The number of nitrogens with zero attached hydrogens (tertiary/aromatic N) is 2. The van der Waals surface area contributed by atoms with Gasteiger partial charge in [-0.1, -0.05) is 24.3 Å². The van der Waals surface area contributed by atoms with Crippen molar-refractivity contribution in [3.8, 4) is 6.07 Å². The molecule has 0 heterocycles. The maximum atomic E-state index is 10.6. The summed E-state index contributed by atoms with van der Waals surface area (Å²) in [5.41, 5.74) is 1.50. The van der Waals surface area contributed by atoms with E-state index in [0.717, 1.165) is 5.56 Å². The SMILES string of the molecule is Cc1c(C=CCC#N)cccc1[N+](=O)[O-]. The minimum Gasteiger partial charge on any atom is -0.258 e.